The van der Waals surface area contributed by atoms with Crippen LogP contribution in [0.4, 0.5) is 0 Å². The van der Waals surface area contributed by atoms with Crippen LogP contribution < -0.4 is 19.5 Å². The standard InChI is InChI=1S/C23H30N2O7S/c1-3-22(32-20-6-4-5-19(17-20)29-2)23(26)24-11-14-31-18-7-9-21(10-8-18)33(27,28)25-12-15-30-16-13-25/h4-10,17,22H,3,11-16H2,1-2H3,(H,24,26)/t22-/m1/s1. The van der Waals surface area contributed by atoms with Crippen LogP contribution in [-0.2, 0) is 19.6 Å². The van der Waals surface area contributed by atoms with Gasteiger partial charge in [0.25, 0.3) is 5.91 Å². The number of methoxy groups -OCH3 is 1. The third-order valence-corrected chi connectivity index (χ3v) is 7.00. The summed E-state index contributed by atoms with van der Waals surface area (Å²) in [7, 11) is -1.97. The number of carbonyl (C=O) groups excluding carboxylic acids is 1. The molecule has 0 unspecified atom stereocenters. The Bertz CT molecular complexity index is 1010. The lowest BCUT2D eigenvalue weighted by Crippen LogP contribution is -2.40. The van der Waals surface area contributed by atoms with E-state index in [1.54, 1.807) is 43.5 Å². The van der Waals surface area contributed by atoms with Crippen molar-refractivity contribution >= 4 is 15.9 Å². The summed E-state index contributed by atoms with van der Waals surface area (Å²) >= 11 is 0. The van der Waals surface area contributed by atoms with Crippen LogP contribution in [0.3, 0.4) is 0 Å². The number of sulfonamides is 1. The normalized spacial score (nSPS) is 15.5. The van der Waals surface area contributed by atoms with Gasteiger partial charge < -0.3 is 24.3 Å². The lowest BCUT2D eigenvalue weighted by Gasteiger charge is -2.26. The second kappa shape index (κ2) is 11.9. The summed E-state index contributed by atoms with van der Waals surface area (Å²) in [6, 6.07) is 13.3. The smallest absolute Gasteiger partial charge is 0.261 e. The van der Waals surface area contributed by atoms with Gasteiger partial charge in [-0.15, -0.1) is 0 Å². The van der Waals surface area contributed by atoms with Crippen LogP contribution >= 0.6 is 0 Å². The maximum absolute atomic E-state index is 12.7. The summed E-state index contributed by atoms with van der Waals surface area (Å²) in [4.78, 5) is 12.7. The van der Waals surface area contributed by atoms with Crippen LogP contribution in [0.5, 0.6) is 17.2 Å². The largest absolute Gasteiger partial charge is 0.497 e. The van der Waals surface area contributed by atoms with E-state index >= 15 is 0 Å². The molecule has 0 aromatic heterocycles. The first-order valence-corrected chi connectivity index (χ1v) is 12.3. The van der Waals surface area contributed by atoms with E-state index in [4.69, 9.17) is 18.9 Å². The number of nitrogens with one attached hydrogen (secondary N) is 1. The van der Waals surface area contributed by atoms with E-state index in [1.807, 2.05) is 6.92 Å². The first-order chi connectivity index (χ1) is 15.9. The van der Waals surface area contributed by atoms with Crippen molar-refractivity contribution in [1.29, 1.82) is 0 Å². The molecule has 3 rings (SSSR count). The maximum atomic E-state index is 12.7. The van der Waals surface area contributed by atoms with Gasteiger partial charge in [0, 0.05) is 19.2 Å². The molecule has 1 aliphatic heterocycles. The number of hydrogen-bond acceptors (Lipinski definition) is 7. The molecule has 1 aliphatic rings. The second-order valence-electron chi connectivity index (χ2n) is 7.32. The highest BCUT2D eigenvalue weighted by molar-refractivity contribution is 7.89. The summed E-state index contributed by atoms with van der Waals surface area (Å²) in [6.45, 7) is 3.88. The van der Waals surface area contributed by atoms with Crippen molar-refractivity contribution in [2.75, 3.05) is 46.6 Å². The topological polar surface area (TPSA) is 103 Å². The number of morpholine rings is 1. The van der Waals surface area contributed by atoms with Crippen LogP contribution in [0.2, 0.25) is 0 Å². The fourth-order valence-corrected chi connectivity index (χ4v) is 4.67. The van der Waals surface area contributed by atoms with Crippen molar-refractivity contribution in [1.82, 2.24) is 9.62 Å². The van der Waals surface area contributed by atoms with Gasteiger partial charge >= 0.3 is 0 Å². The molecule has 0 spiro atoms. The fourth-order valence-electron chi connectivity index (χ4n) is 3.26. The Kier molecular flexibility index (Phi) is 8.93. The van der Waals surface area contributed by atoms with Gasteiger partial charge in [-0.05, 0) is 42.8 Å². The summed E-state index contributed by atoms with van der Waals surface area (Å²) < 4.78 is 48.5. The Morgan fingerprint density at radius 3 is 2.45 bits per heavy atom. The molecule has 0 aliphatic carbocycles. The van der Waals surface area contributed by atoms with Crippen LogP contribution in [0.1, 0.15) is 13.3 Å². The molecule has 2 aromatic carbocycles. The zero-order chi connectivity index (χ0) is 23.7. The Labute approximate surface area is 194 Å². The van der Waals surface area contributed by atoms with Crippen molar-refractivity contribution in [2.45, 2.75) is 24.3 Å². The lowest BCUT2D eigenvalue weighted by atomic mass is 10.2. The lowest BCUT2D eigenvalue weighted by molar-refractivity contribution is -0.128. The maximum Gasteiger partial charge on any atom is 0.261 e. The number of ether oxygens (including phenoxy) is 4. The third kappa shape index (κ3) is 6.83. The number of nitrogens with zero attached hydrogens (tertiary/aromatic N) is 1. The number of benzene rings is 2. The molecule has 1 amide bonds. The molecule has 0 saturated carbocycles. The Balaban J connectivity index is 1.45. The average Bonchev–Trinajstić information content (AvgIpc) is 2.86. The molecule has 2 aromatic rings. The van der Waals surface area contributed by atoms with Gasteiger partial charge in [0.1, 0.15) is 23.9 Å². The summed E-state index contributed by atoms with van der Waals surface area (Å²) in [5.74, 6) is 1.49. The highest BCUT2D eigenvalue weighted by atomic mass is 32.2. The molecule has 1 atom stereocenters. The summed E-state index contributed by atoms with van der Waals surface area (Å²) in [6.07, 6.45) is -0.134. The van der Waals surface area contributed by atoms with Crippen LogP contribution in [0, 0.1) is 0 Å². The number of amides is 1. The minimum Gasteiger partial charge on any atom is -0.497 e. The third-order valence-electron chi connectivity index (χ3n) is 5.08. The van der Waals surface area contributed by atoms with Crippen LogP contribution in [0.25, 0.3) is 0 Å². The number of carbonyl (C=O) groups is 1. The second-order valence-corrected chi connectivity index (χ2v) is 9.26. The van der Waals surface area contributed by atoms with Crippen LogP contribution in [-0.4, -0.2) is 71.3 Å². The number of hydrogen-bond donors (Lipinski definition) is 1. The van der Waals surface area contributed by atoms with Crippen molar-refractivity contribution in [3.8, 4) is 17.2 Å². The molecule has 0 radical (unpaired) electrons. The zero-order valence-corrected chi connectivity index (χ0v) is 19.7. The van der Waals surface area contributed by atoms with Gasteiger partial charge in [-0.1, -0.05) is 13.0 Å². The Morgan fingerprint density at radius 1 is 1.09 bits per heavy atom. The Morgan fingerprint density at radius 2 is 1.79 bits per heavy atom. The molecule has 33 heavy (non-hydrogen) atoms. The molecule has 1 heterocycles. The average molecular weight is 479 g/mol. The first-order valence-electron chi connectivity index (χ1n) is 10.8. The first kappa shape index (κ1) is 24.8. The van der Waals surface area contributed by atoms with E-state index in [9.17, 15) is 13.2 Å². The van der Waals surface area contributed by atoms with E-state index in [0.29, 0.717) is 50.0 Å². The van der Waals surface area contributed by atoms with Crippen LogP contribution in [0.15, 0.2) is 53.4 Å². The van der Waals surface area contributed by atoms with Crippen molar-refractivity contribution in [3.63, 3.8) is 0 Å². The summed E-state index contributed by atoms with van der Waals surface area (Å²) in [5.41, 5.74) is 0. The molecule has 9 nitrogen and oxygen atoms in total. The van der Waals surface area contributed by atoms with E-state index in [1.165, 1.54) is 16.4 Å². The molecule has 0 bridgehead atoms. The molecule has 1 saturated heterocycles. The molecule has 1 fully saturated rings. The van der Waals surface area contributed by atoms with E-state index in [2.05, 4.69) is 5.32 Å². The quantitative estimate of drug-likeness (QED) is 0.493. The summed E-state index contributed by atoms with van der Waals surface area (Å²) in [5, 5.41) is 2.80. The van der Waals surface area contributed by atoms with Gasteiger partial charge in [0.05, 0.1) is 31.8 Å². The Hall–Kier alpha value is -2.82. The monoisotopic (exact) mass is 478 g/mol. The van der Waals surface area contributed by atoms with Gasteiger partial charge in [-0.2, -0.15) is 4.31 Å². The molecular weight excluding hydrogens is 448 g/mol. The molecule has 180 valence electrons. The molecule has 1 N–H and O–H groups in total. The predicted molar refractivity (Wildman–Crippen MR) is 122 cm³/mol. The highest BCUT2D eigenvalue weighted by Crippen LogP contribution is 2.21. The molecule has 10 heteroatoms. The minimum absolute atomic E-state index is 0.213. The highest BCUT2D eigenvalue weighted by Gasteiger charge is 2.26. The number of rotatable bonds is 11. The van der Waals surface area contributed by atoms with Crippen molar-refractivity contribution < 1.29 is 32.2 Å². The van der Waals surface area contributed by atoms with Crippen molar-refractivity contribution in [3.05, 3.63) is 48.5 Å². The van der Waals surface area contributed by atoms with E-state index < -0.39 is 16.1 Å². The fraction of sp³-hybridized carbons (Fsp3) is 0.435. The predicted octanol–water partition coefficient (Wildman–Crippen LogP) is 2.07. The van der Waals surface area contributed by atoms with Crippen molar-refractivity contribution in [2.24, 2.45) is 0 Å². The van der Waals surface area contributed by atoms with Gasteiger partial charge in [-0.3, -0.25) is 4.79 Å². The molecular formula is C23H30N2O7S. The zero-order valence-electron chi connectivity index (χ0n) is 18.9. The van der Waals surface area contributed by atoms with Gasteiger partial charge in [-0.25, -0.2) is 8.42 Å². The van der Waals surface area contributed by atoms with Gasteiger partial charge in [0.2, 0.25) is 10.0 Å². The minimum atomic E-state index is -3.54. The van der Waals surface area contributed by atoms with E-state index in [-0.39, 0.29) is 24.0 Å². The SMILES string of the molecule is CC[C@@H](Oc1cccc(OC)c1)C(=O)NCCOc1ccc(S(=O)(=O)N2CCOCC2)cc1. The van der Waals surface area contributed by atoms with E-state index in [0.717, 1.165) is 0 Å². The van der Waals surface area contributed by atoms with Gasteiger partial charge in [0.15, 0.2) is 6.10 Å².